The van der Waals surface area contributed by atoms with Crippen molar-refractivity contribution in [2.24, 2.45) is 0 Å². The van der Waals surface area contributed by atoms with Crippen molar-refractivity contribution in [3.05, 3.63) is 22.6 Å². The Balaban J connectivity index is 2.61. The van der Waals surface area contributed by atoms with Crippen molar-refractivity contribution >= 4 is 15.9 Å². The highest BCUT2D eigenvalue weighted by Crippen LogP contribution is 2.26. The number of hydrogen-bond donors (Lipinski definition) is 1. The Kier molecular flexibility index (Phi) is 5.36. The molecule has 3 nitrogen and oxygen atoms in total. The molecular formula is C11H19BrN2O. The second-order valence-corrected chi connectivity index (χ2v) is 4.69. The molecule has 1 unspecified atom stereocenters. The lowest BCUT2D eigenvalue weighted by Crippen LogP contribution is -2.25. The summed E-state index contributed by atoms with van der Waals surface area (Å²) in [6.07, 6.45) is 2.77. The minimum Gasteiger partial charge on any atom is -0.466 e. The summed E-state index contributed by atoms with van der Waals surface area (Å²) in [4.78, 5) is 2.18. The average Bonchev–Trinajstić information content (AvgIpc) is 2.59. The van der Waals surface area contributed by atoms with Crippen LogP contribution in [0.3, 0.4) is 0 Å². The Morgan fingerprint density at radius 3 is 2.73 bits per heavy atom. The van der Waals surface area contributed by atoms with E-state index in [1.165, 1.54) is 0 Å². The molecule has 0 fully saturated rings. The molecule has 0 spiro atoms. The molecule has 4 heteroatoms. The fraction of sp³-hybridized carbons (Fsp3) is 0.636. The molecule has 1 N–H and O–H groups in total. The summed E-state index contributed by atoms with van der Waals surface area (Å²) >= 11 is 3.50. The highest BCUT2D eigenvalue weighted by Gasteiger charge is 2.16. The van der Waals surface area contributed by atoms with E-state index in [-0.39, 0.29) is 0 Å². The van der Waals surface area contributed by atoms with E-state index in [0.29, 0.717) is 6.04 Å². The normalized spacial score (nSPS) is 13.4. The first kappa shape index (κ1) is 12.7. The van der Waals surface area contributed by atoms with Gasteiger partial charge in [0.25, 0.3) is 0 Å². The van der Waals surface area contributed by atoms with Crippen LogP contribution in [0.4, 0.5) is 0 Å². The predicted octanol–water partition coefficient (Wildman–Crippen LogP) is 2.64. The first-order chi connectivity index (χ1) is 7.15. The lowest BCUT2D eigenvalue weighted by atomic mass is 10.1. The molecule has 1 aromatic heterocycles. The summed E-state index contributed by atoms with van der Waals surface area (Å²) in [5, 5.41) is 3.43. The molecule has 1 aromatic rings. The molecule has 0 radical (unpaired) electrons. The first-order valence-corrected chi connectivity index (χ1v) is 6.05. The molecule has 1 atom stereocenters. The van der Waals surface area contributed by atoms with Gasteiger partial charge in [-0.15, -0.1) is 0 Å². The van der Waals surface area contributed by atoms with E-state index in [9.17, 15) is 0 Å². The van der Waals surface area contributed by atoms with Gasteiger partial charge in [0, 0.05) is 0 Å². The topological polar surface area (TPSA) is 28.4 Å². The summed E-state index contributed by atoms with van der Waals surface area (Å²) in [6, 6.07) is 2.23. The lowest BCUT2D eigenvalue weighted by Gasteiger charge is -2.18. The van der Waals surface area contributed by atoms with Gasteiger partial charge in [-0.05, 0) is 55.6 Å². The summed E-state index contributed by atoms with van der Waals surface area (Å²) in [5.74, 6) is 0.999. The monoisotopic (exact) mass is 274 g/mol. The number of halogens is 1. The van der Waals surface area contributed by atoms with Gasteiger partial charge < -0.3 is 14.6 Å². The van der Waals surface area contributed by atoms with Crippen LogP contribution in [-0.4, -0.2) is 32.1 Å². The van der Waals surface area contributed by atoms with E-state index in [1.54, 1.807) is 6.26 Å². The Morgan fingerprint density at radius 2 is 2.27 bits per heavy atom. The number of furan rings is 1. The minimum atomic E-state index is 0.293. The Morgan fingerprint density at radius 1 is 1.53 bits per heavy atom. The van der Waals surface area contributed by atoms with Crippen LogP contribution in [0.5, 0.6) is 0 Å². The molecule has 0 aliphatic carbocycles. The van der Waals surface area contributed by atoms with Crippen LogP contribution >= 0.6 is 15.9 Å². The van der Waals surface area contributed by atoms with Gasteiger partial charge in [-0.2, -0.15) is 0 Å². The van der Waals surface area contributed by atoms with E-state index >= 15 is 0 Å². The van der Waals surface area contributed by atoms with Crippen molar-refractivity contribution in [2.45, 2.75) is 19.4 Å². The van der Waals surface area contributed by atoms with Gasteiger partial charge in [-0.3, -0.25) is 0 Å². The molecule has 0 saturated heterocycles. The molecule has 86 valence electrons. The fourth-order valence-corrected chi connectivity index (χ4v) is 1.99. The van der Waals surface area contributed by atoms with E-state index in [4.69, 9.17) is 4.42 Å². The van der Waals surface area contributed by atoms with Crippen LogP contribution in [0.1, 0.15) is 25.1 Å². The second-order valence-electron chi connectivity index (χ2n) is 3.84. The number of nitrogens with one attached hydrogen (secondary N) is 1. The van der Waals surface area contributed by atoms with E-state index < -0.39 is 0 Å². The second kappa shape index (κ2) is 6.30. The van der Waals surface area contributed by atoms with Gasteiger partial charge in [0.1, 0.15) is 5.76 Å². The Labute approximate surface area is 100.0 Å². The zero-order chi connectivity index (χ0) is 11.3. The smallest absolute Gasteiger partial charge is 0.134 e. The molecule has 1 rings (SSSR count). The molecule has 1 heterocycles. The lowest BCUT2D eigenvalue weighted by molar-refractivity contribution is 0.334. The van der Waals surface area contributed by atoms with Crippen LogP contribution in [0.2, 0.25) is 0 Å². The zero-order valence-electron chi connectivity index (χ0n) is 9.59. The molecular weight excluding hydrogens is 256 g/mol. The third-order valence-electron chi connectivity index (χ3n) is 2.28. The van der Waals surface area contributed by atoms with Crippen LogP contribution in [-0.2, 0) is 0 Å². The van der Waals surface area contributed by atoms with Crippen LogP contribution < -0.4 is 5.32 Å². The zero-order valence-corrected chi connectivity index (χ0v) is 11.2. The third-order valence-corrected chi connectivity index (χ3v) is 2.93. The predicted molar refractivity (Wildman–Crippen MR) is 66.0 cm³/mol. The van der Waals surface area contributed by atoms with Crippen molar-refractivity contribution in [3.63, 3.8) is 0 Å². The Bertz CT molecular complexity index is 286. The molecule has 0 amide bonds. The minimum absolute atomic E-state index is 0.293. The van der Waals surface area contributed by atoms with Crippen molar-refractivity contribution in [1.29, 1.82) is 0 Å². The first-order valence-electron chi connectivity index (χ1n) is 5.26. The van der Waals surface area contributed by atoms with Crippen molar-refractivity contribution in [2.75, 3.05) is 27.2 Å². The van der Waals surface area contributed by atoms with E-state index in [1.807, 2.05) is 6.07 Å². The molecule has 0 bridgehead atoms. The summed E-state index contributed by atoms with van der Waals surface area (Å²) in [6.45, 7) is 4.11. The number of rotatable bonds is 6. The van der Waals surface area contributed by atoms with Crippen LogP contribution in [0, 0.1) is 0 Å². The maximum Gasteiger partial charge on any atom is 0.134 e. The maximum atomic E-state index is 5.48. The van der Waals surface area contributed by atoms with E-state index in [0.717, 1.165) is 29.7 Å². The van der Waals surface area contributed by atoms with Gasteiger partial charge in [-0.25, -0.2) is 0 Å². The van der Waals surface area contributed by atoms with Gasteiger partial charge >= 0.3 is 0 Å². The van der Waals surface area contributed by atoms with Gasteiger partial charge in [-0.1, -0.05) is 6.92 Å². The molecule has 0 saturated carbocycles. The van der Waals surface area contributed by atoms with Gasteiger partial charge in [0.15, 0.2) is 0 Å². The SMILES string of the molecule is CCNC(CCN(C)C)c1occc1Br. The van der Waals surface area contributed by atoms with Crippen molar-refractivity contribution < 1.29 is 4.42 Å². The van der Waals surface area contributed by atoms with E-state index in [2.05, 4.69) is 47.2 Å². The average molecular weight is 275 g/mol. The third kappa shape index (κ3) is 3.97. The fourth-order valence-electron chi connectivity index (χ4n) is 1.51. The largest absolute Gasteiger partial charge is 0.466 e. The number of nitrogens with zero attached hydrogens (tertiary/aromatic N) is 1. The highest BCUT2D eigenvalue weighted by molar-refractivity contribution is 9.10. The number of hydrogen-bond acceptors (Lipinski definition) is 3. The Hall–Kier alpha value is -0.320. The molecule has 15 heavy (non-hydrogen) atoms. The van der Waals surface area contributed by atoms with Gasteiger partial charge in [0.2, 0.25) is 0 Å². The summed E-state index contributed by atoms with van der Waals surface area (Å²) in [5.41, 5.74) is 0. The molecule has 0 aliphatic rings. The summed E-state index contributed by atoms with van der Waals surface area (Å²) < 4.78 is 6.53. The quantitative estimate of drug-likeness (QED) is 0.865. The highest BCUT2D eigenvalue weighted by atomic mass is 79.9. The van der Waals surface area contributed by atoms with Crippen LogP contribution in [0.15, 0.2) is 21.2 Å². The van der Waals surface area contributed by atoms with Gasteiger partial charge in [0.05, 0.1) is 16.8 Å². The standard InChI is InChI=1S/C11H19BrN2O/c1-4-13-10(5-7-14(2)3)11-9(12)6-8-15-11/h6,8,10,13H,4-5,7H2,1-3H3. The van der Waals surface area contributed by atoms with Crippen molar-refractivity contribution in [3.8, 4) is 0 Å². The molecule has 0 aromatic carbocycles. The summed E-state index contributed by atoms with van der Waals surface area (Å²) in [7, 11) is 4.17. The maximum absolute atomic E-state index is 5.48. The molecule has 0 aliphatic heterocycles. The van der Waals surface area contributed by atoms with Crippen LogP contribution in [0.25, 0.3) is 0 Å². The van der Waals surface area contributed by atoms with Crippen molar-refractivity contribution in [1.82, 2.24) is 10.2 Å².